The van der Waals surface area contributed by atoms with E-state index in [4.69, 9.17) is 16.3 Å². The van der Waals surface area contributed by atoms with E-state index < -0.39 is 18.3 Å². The van der Waals surface area contributed by atoms with Crippen LogP contribution in [0.5, 0.6) is 0 Å². The number of benzene rings is 1. The van der Waals surface area contributed by atoms with E-state index in [1.54, 1.807) is 30.3 Å². The minimum atomic E-state index is -2.14. The Morgan fingerprint density at radius 3 is 2.33 bits per heavy atom. The average molecular weight is 285 g/mol. The molecule has 0 fully saturated rings. The summed E-state index contributed by atoms with van der Waals surface area (Å²) in [5.41, 5.74) is 0.534. The molecule has 18 heavy (non-hydrogen) atoms. The first-order valence-electron chi connectivity index (χ1n) is 5.75. The minimum absolute atomic E-state index is 0.534. The van der Waals surface area contributed by atoms with Gasteiger partial charge < -0.3 is 4.52 Å². The zero-order chi connectivity index (χ0) is 13.6. The van der Waals surface area contributed by atoms with E-state index in [2.05, 4.69) is 5.18 Å². The number of hydrogen-bond donors (Lipinski definition) is 0. The summed E-state index contributed by atoms with van der Waals surface area (Å²) < 4.78 is 5.34. The van der Waals surface area contributed by atoms with Crippen LogP contribution in [0, 0.1) is 4.91 Å². The molecule has 0 aromatic heterocycles. The van der Waals surface area contributed by atoms with Crippen molar-refractivity contribution in [2.75, 3.05) is 12.3 Å². The first kappa shape index (κ1) is 15.0. The standard InChI is InChI=1S/C12H16NO3PS/c1-3-17(18,4-2)16-12(14)11(13-15)10-8-6-5-7-9-10/h5-9,11H,3-4H2,1-2H3. The molecule has 1 rings (SSSR count). The van der Waals surface area contributed by atoms with Crippen LogP contribution in [-0.2, 0) is 21.1 Å². The molecule has 0 saturated heterocycles. The number of rotatable bonds is 6. The van der Waals surface area contributed by atoms with Gasteiger partial charge in [0.2, 0.25) is 6.04 Å². The maximum Gasteiger partial charge on any atom is 0.342 e. The van der Waals surface area contributed by atoms with Crippen molar-refractivity contribution in [3.63, 3.8) is 0 Å². The van der Waals surface area contributed by atoms with Crippen molar-refractivity contribution in [3.05, 3.63) is 40.8 Å². The number of carbonyl (C=O) groups excluding carboxylic acids is 1. The van der Waals surface area contributed by atoms with E-state index in [1.807, 2.05) is 13.8 Å². The Bertz CT molecular complexity index is 456. The Morgan fingerprint density at radius 1 is 1.33 bits per heavy atom. The van der Waals surface area contributed by atoms with Crippen LogP contribution < -0.4 is 0 Å². The van der Waals surface area contributed by atoms with Crippen LogP contribution in [0.2, 0.25) is 0 Å². The molecule has 6 heteroatoms. The van der Waals surface area contributed by atoms with Gasteiger partial charge in [-0.2, -0.15) is 0 Å². The average Bonchev–Trinajstić information content (AvgIpc) is 2.40. The molecule has 4 nitrogen and oxygen atoms in total. The van der Waals surface area contributed by atoms with Crippen molar-refractivity contribution in [1.82, 2.24) is 0 Å². The molecular weight excluding hydrogens is 269 g/mol. The molecule has 0 heterocycles. The number of hydrogen-bond acceptors (Lipinski definition) is 5. The molecule has 98 valence electrons. The van der Waals surface area contributed by atoms with Crippen LogP contribution in [0.25, 0.3) is 0 Å². The normalized spacial score (nSPS) is 12.8. The molecule has 0 radical (unpaired) electrons. The molecule has 0 aliphatic heterocycles. The highest BCUT2D eigenvalue weighted by Gasteiger charge is 2.27. The molecule has 1 atom stereocenters. The van der Waals surface area contributed by atoms with Gasteiger partial charge in [-0.15, -0.1) is 4.91 Å². The smallest absolute Gasteiger partial charge is 0.342 e. The monoisotopic (exact) mass is 285 g/mol. The SMILES string of the molecule is CCP(=S)(CC)OC(=O)C(N=O)c1ccccc1. The number of carbonyl (C=O) groups is 1. The summed E-state index contributed by atoms with van der Waals surface area (Å²) in [5.74, 6) is -0.636. The second-order valence-electron chi connectivity index (χ2n) is 3.78. The van der Waals surface area contributed by atoms with Crippen molar-refractivity contribution in [2.45, 2.75) is 19.9 Å². The lowest BCUT2D eigenvalue weighted by Gasteiger charge is -2.20. The van der Waals surface area contributed by atoms with Crippen LogP contribution in [0.1, 0.15) is 25.5 Å². The Morgan fingerprint density at radius 2 is 1.89 bits per heavy atom. The fraction of sp³-hybridized carbons (Fsp3) is 0.417. The highest BCUT2D eigenvalue weighted by molar-refractivity contribution is 8.12. The van der Waals surface area contributed by atoms with Gasteiger partial charge >= 0.3 is 5.97 Å². The predicted molar refractivity (Wildman–Crippen MR) is 76.4 cm³/mol. The van der Waals surface area contributed by atoms with Gasteiger partial charge in [-0.3, -0.25) is 0 Å². The van der Waals surface area contributed by atoms with E-state index in [1.165, 1.54) is 0 Å². The number of nitrogens with zero attached hydrogens (tertiary/aromatic N) is 1. The zero-order valence-electron chi connectivity index (χ0n) is 10.4. The summed E-state index contributed by atoms with van der Waals surface area (Å²) in [7, 11) is 0. The fourth-order valence-electron chi connectivity index (χ4n) is 1.44. The minimum Gasteiger partial charge on any atom is -0.435 e. The van der Waals surface area contributed by atoms with Gasteiger partial charge in [0, 0.05) is 12.3 Å². The maximum absolute atomic E-state index is 12.0. The highest BCUT2D eigenvalue weighted by Crippen LogP contribution is 2.47. The van der Waals surface area contributed by atoms with Gasteiger partial charge in [-0.05, 0) is 10.7 Å². The van der Waals surface area contributed by atoms with E-state index in [0.29, 0.717) is 17.9 Å². The lowest BCUT2D eigenvalue weighted by molar-refractivity contribution is -0.135. The van der Waals surface area contributed by atoms with Gasteiger partial charge in [0.25, 0.3) is 0 Å². The van der Waals surface area contributed by atoms with Crippen molar-refractivity contribution in [2.24, 2.45) is 5.18 Å². The fourth-order valence-corrected chi connectivity index (χ4v) is 2.80. The first-order chi connectivity index (χ1) is 8.56. The summed E-state index contributed by atoms with van der Waals surface area (Å²) in [5, 5.41) is 2.86. The van der Waals surface area contributed by atoms with E-state index in [-0.39, 0.29) is 0 Å². The van der Waals surface area contributed by atoms with E-state index in [0.717, 1.165) is 0 Å². The Labute approximate surface area is 112 Å². The quantitative estimate of drug-likeness (QED) is 0.593. The third-order valence-corrected chi connectivity index (χ3v) is 6.88. The number of nitroso groups, excluding NO2 is 1. The molecular formula is C12H16NO3PS. The van der Waals surface area contributed by atoms with Gasteiger partial charge in [0.1, 0.15) is 6.26 Å². The van der Waals surface area contributed by atoms with Crippen LogP contribution >= 0.6 is 6.26 Å². The molecule has 1 aromatic carbocycles. The molecule has 0 aliphatic carbocycles. The van der Waals surface area contributed by atoms with Gasteiger partial charge in [0.15, 0.2) is 0 Å². The van der Waals surface area contributed by atoms with Crippen molar-refractivity contribution >= 4 is 24.0 Å². The molecule has 0 amide bonds. The summed E-state index contributed by atoms with van der Waals surface area (Å²) >= 11 is 5.32. The lowest BCUT2D eigenvalue weighted by atomic mass is 10.1. The van der Waals surface area contributed by atoms with Crippen LogP contribution in [0.4, 0.5) is 0 Å². The Balaban J connectivity index is 2.88. The summed E-state index contributed by atoms with van der Waals surface area (Å²) in [6.07, 6.45) is -0.880. The summed E-state index contributed by atoms with van der Waals surface area (Å²) in [6, 6.07) is 7.53. The zero-order valence-corrected chi connectivity index (χ0v) is 12.1. The summed E-state index contributed by atoms with van der Waals surface area (Å²) in [6.45, 7) is 3.78. The van der Waals surface area contributed by atoms with Crippen LogP contribution in [0.15, 0.2) is 35.5 Å². The van der Waals surface area contributed by atoms with Crippen molar-refractivity contribution in [3.8, 4) is 0 Å². The van der Waals surface area contributed by atoms with Crippen LogP contribution in [0.3, 0.4) is 0 Å². The molecule has 0 spiro atoms. The molecule has 0 saturated carbocycles. The first-order valence-corrected chi connectivity index (χ1v) is 8.84. The van der Waals surface area contributed by atoms with Crippen molar-refractivity contribution in [1.29, 1.82) is 0 Å². The van der Waals surface area contributed by atoms with Gasteiger partial charge in [-0.25, -0.2) is 4.79 Å². The highest BCUT2D eigenvalue weighted by atomic mass is 32.4. The third-order valence-electron chi connectivity index (χ3n) is 2.66. The predicted octanol–water partition coefficient (Wildman–Crippen LogP) is 3.47. The largest absolute Gasteiger partial charge is 0.435 e. The molecule has 1 aromatic rings. The topological polar surface area (TPSA) is 55.7 Å². The molecule has 0 bridgehead atoms. The molecule has 0 N–H and O–H groups in total. The Hall–Kier alpha value is -1.06. The molecule has 1 unspecified atom stereocenters. The summed E-state index contributed by atoms with van der Waals surface area (Å²) in [4.78, 5) is 22.8. The maximum atomic E-state index is 12.0. The van der Waals surface area contributed by atoms with E-state index >= 15 is 0 Å². The van der Waals surface area contributed by atoms with Gasteiger partial charge in [0.05, 0.1) is 0 Å². The van der Waals surface area contributed by atoms with Crippen molar-refractivity contribution < 1.29 is 9.32 Å². The Kier molecular flexibility index (Phi) is 5.63. The second-order valence-corrected chi connectivity index (χ2v) is 8.85. The van der Waals surface area contributed by atoms with Crippen LogP contribution in [-0.4, -0.2) is 18.3 Å². The van der Waals surface area contributed by atoms with Gasteiger partial charge in [-0.1, -0.05) is 56.0 Å². The third kappa shape index (κ3) is 3.72. The second kappa shape index (κ2) is 6.76. The molecule has 0 aliphatic rings. The van der Waals surface area contributed by atoms with E-state index in [9.17, 15) is 9.70 Å². The lowest BCUT2D eigenvalue weighted by Crippen LogP contribution is -2.14.